The number of esters is 1. The second-order valence-electron chi connectivity index (χ2n) is 9.25. The van der Waals surface area contributed by atoms with Crippen molar-refractivity contribution < 1.29 is 28.3 Å². The lowest BCUT2D eigenvalue weighted by atomic mass is 9.98. The molecule has 1 aromatic carbocycles. The van der Waals surface area contributed by atoms with Crippen LogP contribution in [-0.2, 0) is 14.3 Å². The lowest BCUT2D eigenvalue weighted by Gasteiger charge is -2.29. The van der Waals surface area contributed by atoms with Crippen molar-refractivity contribution in [1.29, 1.82) is 0 Å². The Kier molecular flexibility index (Phi) is 7.71. The molecular weight excluding hydrogens is 440 g/mol. The third kappa shape index (κ3) is 5.11. The summed E-state index contributed by atoms with van der Waals surface area (Å²) < 4.78 is 10.3. The van der Waals surface area contributed by atoms with E-state index in [9.17, 15) is 19.2 Å². The first-order valence-electron chi connectivity index (χ1n) is 11.4. The molecule has 3 rings (SSSR count). The summed E-state index contributed by atoms with van der Waals surface area (Å²) in [7, 11) is 1.27. The first-order chi connectivity index (χ1) is 16.0. The number of oxazole rings is 1. The van der Waals surface area contributed by atoms with E-state index in [4.69, 9.17) is 14.9 Å². The van der Waals surface area contributed by atoms with Crippen LogP contribution in [0.15, 0.2) is 22.6 Å². The van der Waals surface area contributed by atoms with Crippen molar-refractivity contribution in [1.82, 2.24) is 15.2 Å². The molecule has 10 nitrogen and oxygen atoms in total. The summed E-state index contributed by atoms with van der Waals surface area (Å²) >= 11 is 0. The van der Waals surface area contributed by atoms with Gasteiger partial charge in [0.05, 0.1) is 24.8 Å². The molecule has 3 atom stereocenters. The molecule has 1 saturated heterocycles. The van der Waals surface area contributed by atoms with Gasteiger partial charge in [0, 0.05) is 6.54 Å². The number of hydrogen-bond donors (Lipinski definition) is 2. The number of hydrogen-bond acceptors (Lipinski definition) is 8. The summed E-state index contributed by atoms with van der Waals surface area (Å²) in [6.07, 6.45) is 1.18. The summed E-state index contributed by atoms with van der Waals surface area (Å²) in [5.41, 5.74) is 6.95. The van der Waals surface area contributed by atoms with Gasteiger partial charge in [0.1, 0.15) is 11.6 Å². The predicted octanol–water partition coefficient (Wildman–Crippen LogP) is 1.91. The number of methoxy groups -OCH3 is 1. The number of rotatable bonds is 8. The fraction of sp³-hybridized carbons (Fsp3) is 0.542. The van der Waals surface area contributed by atoms with Crippen LogP contribution in [0.5, 0.6) is 0 Å². The van der Waals surface area contributed by atoms with E-state index in [0.717, 1.165) is 0 Å². The highest BCUT2D eigenvalue weighted by atomic mass is 16.5. The second-order valence-corrected chi connectivity index (χ2v) is 9.25. The minimum atomic E-state index is -0.906. The van der Waals surface area contributed by atoms with E-state index in [2.05, 4.69) is 10.3 Å². The maximum absolute atomic E-state index is 13.2. The fourth-order valence-electron chi connectivity index (χ4n) is 3.97. The van der Waals surface area contributed by atoms with E-state index < -0.39 is 35.8 Å². The summed E-state index contributed by atoms with van der Waals surface area (Å²) in [5, 5.41) is 2.80. The zero-order chi connectivity index (χ0) is 25.2. The Labute approximate surface area is 198 Å². The smallest absolute Gasteiger partial charge is 0.337 e. The van der Waals surface area contributed by atoms with Crippen LogP contribution in [0.25, 0.3) is 11.1 Å². The number of fused-ring (bicyclic) bond motifs is 1. The molecule has 184 valence electrons. The Hall–Kier alpha value is -3.27. The quantitative estimate of drug-likeness (QED) is 0.438. The molecule has 0 saturated carbocycles. The third-order valence-corrected chi connectivity index (χ3v) is 6.11. The Bertz CT molecular complexity index is 1090. The zero-order valence-electron chi connectivity index (χ0n) is 20.2. The molecule has 2 amide bonds. The molecule has 0 radical (unpaired) electrons. The average molecular weight is 473 g/mol. The number of benzene rings is 1. The molecule has 1 aliphatic heterocycles. The van der Waals surface area contributed by atoms with Crippen LogP contribution < -0.4 is 11.1 Å². The van der Waals surface area contributed by atoms with Gasteiger partial charge in [-0.15, -0.1) is 0 Å². The van der Waals surface area contributed by atoms with E-state index in [-0.39, 0.29) is 34.8 Å². The fourth-order valence-corrected chi connectivity index (χ4v) is 3.97. The van der Waals surface area contributed by atoms with Gasteiger partial charge < -0.3 is 25.1 Å². The highest BCUT2D eigenvalue weighted by Crippen LogP contribution is 2.23. The van der Waals surface area contributed by atoms with Gasteiger partial charge in [-0.25, -0.2) is 9.78 Å². The van der Waals surface area contributed by atoms with Crippen molar-refractivity contribution in [2.75, 3.05) is 13.7 Å². The number of Topliss-reactive ketones (excluding diaryl/α,β-unsaturated/α-hetero) is 1. The van der Waals surface area contributed by atoms with Crippen molar-refractivity contribution in [2.24, 2.45) is 17.6 Å². The van der Waals surface area contributed by atoms with Gasteiger partial charge in [-0.1, -0.05) is 27.7 Å². The molecule has 10 heteroatoms. The number of aromatic nitrogens is 1. The number of ketones is 1. The highest BCUT2D eigenvalue weighted by molar-refractivity contribution is 6.02. The normalized spacial score (nSPS) is 17.8. The van der Waals surface area contributed by atoms with E-state index in [0.29, 0.717) is 24.9 Å². The van der Waals surface area contributed by atoms with Crippen molar-refractivity contribution in [3.8, 4) is 0 Å². The van der Waals surface area contributed by atoms with Crippen molar-refractivity contribution in [3.63, 3.8) is 0 Å². The largest absolute Gasteiger partial charge is 0.465 e. The molecule has 3 N–H and O–H groups in total. The van der Waals surface area contributed by atoms with Crippen LogP contribution in [0.3, 0.4) is 0 Å². The zero-order valence-corrected chi connectivity index (χ0v) is 20.2. The Morgan fingerprint density at radius 2 is 1.88 bits per heavy atom. The number of carbonyl (C=O) groups excluding carboxylic acids is 4. The van der Waals surface area contributed by atoms with Crippen LogP contribution in [0, 0.1) is 11.8 Å². The van der Waals surface area contributed by atoms with Gasteiger partial charge in [0.25, 0.3) is 5.89 Å². The van der Waals surface area contributed by atoms with E-state index in [1.807, 2.05) is 13.8 Å². The minimum Gasteiger partial charge on any atom is -0.465 e. The number of nitrogens with one attached hydrogen (secondary N) is 1. The van der Waals surface area contributed by atoms with Gasteiger partial charge >= 0.3 is 5.97 Å². The van der Waals surface area contributed by atoms with Gasteiger partial charge in [-0.05, 0) is 42.9 Å². The topological polar surface area (TPSA) is 145 Å². The number of ether oxygens (including phenoxy) is 1. The van der Waals surface area contributed by atoms with Crippen molar-refractivity contribution in [3.05, 3.63) is 29.7 Å². The summed E-state index contributed by atoms with van der Waals surface area (Å²) in [6, 6.07) is 2.26. The van der Waals surface area contributed by atoms with E-state index >= 15 is 0 Å². The first kappa shape index (κ1) is 25.4. The summed E-state index contributed by atoms with van der Waals surface area (Å²) in [4.78, 5) is 56.6. The summed E-state index contributed by atoms with van der Waals surface area (Å²) in [6.45, 7) is 7.76. The second kappa shape index (κ2) is 10.3. The van der Waals surface area contributed by atoms with Crippen molar-refractivity contribution in [2.45, 2.75) is 58.7 Å². The molecule has 1 aliphatic rings. The molecular formula is C24H32N4O6. The lowest BCUT2D eigenvalue weighted by Crippen LogP contribution is -2.55. The standard InChI is InChI=1S/C24H32N4O6/c1-12(2)18(25)23(31)28-10-6-7-16(28)21(30)27-19(13(3)4)20(29)22-26-15-9-8-14(24(32)33-5)11-17(15)34-22/h8-9,11-13,16,18-19H,6-7,10,25H2,1-5H3,(H,27,30)/t16-,18-,19?/m0/s1. The number of likely N-dealkylation sites (tertiary alicyclic amines) is 1. The molecule has 0 spiro atoms. The maximum Gasteiger partial charge on any atom is 0.337 e. The SMILES string of the molecule is COC(=O)c1ccc2nc(C(=O)C(NC(=O)[C@@H]3CCCN3C(=O)[C@@H](N)C(C)C)C(C)C)oc2c1. The number of carbonyl (C=O) groups is 4. The van der Waals surface area contributed by atoms with Gasteiger partial charge in [0.2, 0.25) is 17.6 Å². The van der Waals surface area contributed by atoms with Gasteiger partial charge in [0.15, 0.2) is 5.58 Å². The molecule has 1 fully saturated rings. The van der Waals surface area contributed by atoms with Gasteiger partial charge in [-0.2, -0.15) is 0 Å². The predicted molar refractivity (Wildman–Crippen MR) is 124 cm³/mol. The Morgan fingerprint density at radius 1 is 1.18 bits per heavy atom. The average Bonchev–Trinajstić information content (AvgIpc) is 3.46. The lowest BCUT2D eigenvalue weighted by molar-refractivity contribution is -0.140. The Balaban J connectivity index is 1.79. The number of nitrogens with two attached hydrogens (primary N) is 1. The third-order valence-electron chi connectivity index (χ3n) is 6.11. The van der Waals surface area contributed by atoms with Crippen LogP contribution in [0.4, 0.5) is 0 Å². The van der Waals surface area contributed by atoms with E-state index in [1.165, 1.54) is 24.1 Å². The maximum atomic E-state index is 13.2. The number of nitrogens with zero attached hydrogens (tertiary/aromatic N) is 2. The molecule has 2 aromatic rings. The molecule has 34 heavy (non-hydrogen) atoms. The van der Waals surface area contributed by atoms with Gasteiger partial charge in [-0.3, -0.25) is 14.4 Å². The highest BCUT2D eigenvalue weighted by Gasteiger charge is 2.39. The molecule has 1 aromatic heterocycles. The minimum absolute atomic E-state index is 0.0549. The van der Waals surface area contributed by atoms with Crippen LogP contribution in [-0.4, -0.2) is 65.2 Å². The monoisotopic (exact) mass is 472 g/mol. The van der Waals surface area contributed by atoms with Crippen molar-refractivity contribution >= 4 is 34.7 Å². The Morgan fingerprint density at radius 3 is 2.50 bits per heavy atom. The number of amides is 2. The molecule has 0 aliphatic carbocycles. The first-order valence-corrected chi connectivity index (χ1v) is 11.4. The molecule has 1 unspecified atom stereocenters. The van der Waals surface area contributed by atoms with Crippen LogP contribution in [0.1, 0.15) is 61.6 Å². The molecule has 2 heterocycles. The van der Waals surface area contributed by atoms with Crippen LogP contribution >= 0.6 is 0 Å². The van der Waals surface area contributed by atoms with Crippen LogP contribution in [0.2, 0.25) is 0 Å². The molecule has 0 bridgehead atoms. The van der Waals surface area contributed by atoms with E-state index in [1.54, 1.807) is 19.9 Å². The summed E-state index contributed by atoms with van der Waals surface area (Å²) in [5.74, 6) is -2.18.